The SMILES string of the molecule is CCC(=O)OCC#Cc1ccc(C(C)C)cc1. The van der Waals surface area contributed by atoms with E-state index in [1.165, 1.54) is 5.56 Å². The minimum atomic E-state index is -0.213. The molecule has 0 heterocycles. The highest BCUT2D eigenvalue weighted by Crippen LogP contribution is 2.13. The van der Waals surface area contributed by atoms with E-state index in [1.54, 1.807) is 6.92 Å². The number of benzene rings is 1. The Labute approximate surface area is 103 Å². The van der Waals surface area contributed by atoms with Crippen LogP contribution < -0.4 is 0 Å². The summed E-state index contributed by atoms with van der Waals surface area (Å²) in [6.45, 7) is 6.24. The van der Waals surface area contributed by atoms with Gasteiger partial charge in [0.1, 0.15) is 0 Å². The molecule has 1 aromatic rings. The van der Waals surface area contributed by atoms with E-state index in [1.807, 2.05) is 12.1 Å². The van der Waals surface area contributed by atoms with Gasteiger partial charge < -0.3 is 4.74 Å². The van der Waals surface area contributed by atoms with Gasteiger partial charge in [-0.3, -0.25) is 4.79 Å². The summed E-state index contributed by atoms with van der Waals surface area (Å²) in [6.07, 6.45) is 0.394. The molecule has 0 aliphatic rings. The lowest BCUT2D eigenvalue weighted by Crippen LogP contribution is -2.01. The highest BCUT2D eigenvalue weighted by Gasteiger charge is 1.97. The van der Waals surface area contributed by atoms with Crippen LogP contribution in [-0.4, -0.2) is 12.6 Å². The quantitative estimate of drug-likeness (QED) is 0.589. The first-order valence-electron chi connectivity index (χ1n) is 5.88. The largest absolute Gasteiger partial charge is 0.452 e. The van der Waals surface area contributed by atoms with E-state index < -0.39 is 0 Å². The number of hydrogen-bond donors (Lipinski definition) is 0. The zero-order valence-electron chi connectivity index (χ0n) is 10.6. The van der Waals surface area contributed by atoms with Gasteiger partial charge in [-0.05, 0) is 23.6 Å². The maximum Gasteiger partial charge on any atom is 0.306 e. The lowest BCUT2D eigenvalue weighted by atomic mass is 10.0. The van der Waals surface area contributed by atoms with Gasteiger partial charge in [-0.25, -0.2) is 0 Å². The Morgan fingerprint density at radius 2 is 1.94 bits per heavy atom. The molecule has 0 saturated carbocycles. The van der Waals surface area contributed by atoms with E-state index in [2.05, 4.69) is 37.8 Å². The van der Waals surface area contributed by atoms with Gasteiger partial charge in [0.25, 0.3) is 0 Å². The van der Waals surface area contributed by atoms with E-state index in [-0.39, 0.29) is 12.6 Å². The predicted molar refractivity (Wildman–Crippen MR) is 68.7 cm³/mol. The van der Waals surface area contributed by atoms with Crippen LogP contribution in [0.5, 0.6) is 0 Å². The molecule has 0 unspecified atom stereocenters. The van der Waals surface area contributed by atoms with E-state index in [0.717, 1.165) is 5.56 Å². The lowest BCUT2D eigenvalue weighted by molar-refractivity contribution is -0.141. The molecule has 1 aromatic carbocycles. The van der Waals surface area contributed by atoms with Gasteiger partial charge in [-0.1, -0.05) is 44.7 Å². The zero-order chi connectivity index (χ0) is 12.7. The number of carbonyl (C=O) groups is 1. The highest BCUT2D eigenvalue weighted by molar-refractivity contribution is 5.69. The molecule has 0 fully saturated rings. The number of carbonyl (C=O) groups excluding carboxylic acids is 1. The maximum absolute atomic E-state index is 10.9. The van der Waals surface area contributed by atoms with Crippen LogP contribution in [-0.2, 0) is 9.53 Å². The minimum Gasteiger partial charge on any atom is -0.452 e. The van der Waals surface area contributed by atoms with Crippen LogP contribution in [0.15, 0.2) is 24.3 Å². The van der Waals surface area contributed by atoms with Crippen LogP contribution in [0, 0.1) is 11.8 Å². The fourth-order valence-corrected chi connectivity index (χ4v) is 1.31. The molecule has 0 atom stereocenters. The van der Waals surface area contributed by atoms with Crippen molar-refractivity contribution in [1.29, 1.82) is 0 Å². The Morgan fingerprint density at radius 1 is 1.29 bits per heavy atom. The van der Waals surface area contributed by atoms with Crippen molar-refractivity contribution in [2.24, 2.45) is 0 Å². The second kappa shape index (κ2) is 6.75. The molecule has 0 N–H and O–H groups in total. The Balaban J connectivity index is 2.52. The number of ether oxygens (including phenoxy) is 1. The fraction of sp³-hybridized carbons (Fsp3) is 0.400. The Bertz CT molecular complexity index is 418. The molecule has 0 radical (unpaired) electrons. The van der Waals surface area contributed by atoms with Crippen LogP contribution in [0.1, 0.15) is 44.2 Å². The third-order valence-electron chi connectivity index (χ3n) is 2.40. The second-order valence-electron chi connectivity index (χ2n) is 4.09. The molecule has 2 heteroatoms. The van der Waals surface area contributed by atoms with Gasteiger partial charge in [0.05, 0.1) is 0 Å². The molecule has 0 aliphatic heterocycles. The molecule has 90 valence electrons. The number of rotatable bonds is 3. The van der Waals surface area contributed by atoms with Crippen LogP contribution >= 0.6 is 0 Å². The molecular formula is C15H18O2. The average Bonchev–Trinajstić information content (AvgIpc) is 2.34. The summed E-state index contributed by atoms with van der Waals surface area (Å²) in [5.74, 6) is 6.10. The molecule has 0 aromatic heterocycles. The van der Waals surface area contributed by atoms with E-state index in [4.69, 9.17) is 4.74 Å². The fourth-order valence-electron chi connectivity index (χ4n) is 1.31. The molecule has 0 bridgehead atoms. The van der Waals surface area contributed by atoms with Crippen molar-refractivity contribution in [2.75, 3.05) is 6.61 Å². The standard InChI is InChI=1S/C15H18O2/c1-4-15(16)17-11-5-6-13-7-9-14(10-8-13)12(2)3/h7-10,12H,4,11H2,1-3H3. The lowest BCUT2D eigenvalue weighted by Gasteiger charge is -2.03. The van der Waals surface area contributed by atoms with Crippen molar-refractivity contribution >= 4 is 5.97 Å². The van der Waals surface area contributed by atoms with Gasteiger partial charge in [0, 0.05) is 12.0 Å². The van der Waals surface area contributed by atoms with Gasteiger partial charge in [0.2, 0.25) is 0 Å². The van der Waals surface area contributed by atoms with Crippen molar-refractivity contribution in [3.8, 4) is 11.8 Å². The first-order chi connectivity index (χ1) is 8.13. The van der Waals surface area contributed by atoms with Crippen molar-refractivity contribution in [2.45, 2.75) is 33.1 Å². The number of hydrogen-bond acceptors (Lipinski definition) is 2. The molecule has 0 saturated heterocycles. The van der Waals surface area contributed by atoms with Crippen LogP contribution in [0.2, 0.25) is 0 Å². The van der Waals surface area contributed by atoms with Gasteiger partial charge in [-0.2, -0.15) is 0 Å². The minimum absolute atomic E-state index is 0.165. The molecule has 2 nitrogen and oxygen atoms in total. The predicted octanol–water partition coefficient (Wildman–Crippen LogP) is 3.11. The van der Waals surface area contributed by atoms with E-state index >= 15 is 0 Å². The van der Waals surface area contributed by atoms with Crippen LogP contribution in [0.3, 0.4) is 0 Å². The first-order valence-corrected chi connectivity index (χ1v) is 5.88. The summed E-state index contributed by atoms with van der Waals surface area (Å²) in [4.78, 5) is 10.9. The maximum atomic E-state index is 10.9. The smallest absolute Gasteiger partial charge is 0.306 e. The molecule has 0 aliphatic carbocycles. The third kappa shape index (κ3) is 4.74. The van der Waals surface area contributed by atoms with Crippen LogP contribution in [0.4, 0.5) is 0 Å². The van der Waals surface area contributed by atoms with Crippen molar-refractivity contribution in [3.05, 3.63) is 35.4 Å². The first kappa shape index (κ1) is 13.3. The average molecular weight is 230 g/mol. The molecule has 0 spiro atoms. The van der Waals surface area contributed by atoms with Crippen molar-refractivity contribution in [1.82, 2.24) is 0 Å². The monoisotopic (exact) mass is 230 g/mol. The topological polar surface area (TPSA) is 26.3 Å². The van der Waals surface area contributed by atoms with Gasteiger partial charge >= 0.3 is 5.97 Å². The summed E-state index contributed by atoms with van der Waals surface area (Å²) in [5, 5.41) is 0. The second-order valence-corrected chi connectivity index (χ2v) is 4.09. The highest BCUT2D eigenvalue weighted by atomic mass is 16.5. The van der Waals surface area contributed by atoms with Gasteiger partial charge in [0.15, 0.2) is 6.61 Å². The number of esters is 1. The van der Waals surface area contributed by atoms with E-state index in [9.17, 15) is 4.79 Å². The molecule has 17 heavy (non-hydrogen) atoms. The summed E-state index contributed by atoms with van der Waals surface area (Å²) < 4.78 is 4.86. The molecule has 0 amide bonds. The third-order valence-corrected chi connectivity index (χ3v) is 2.40. The Kier molecular flexibility index (Phi) is 5.29. The molecular weight excluding hydrogens is 212 g/mol. The van der Waals surface area contributed by atoms with Gasteiger partial charge in [-0.15, -0.1) is 0 Å². The summed E-state index contributed by atoms with van der Waals surface area (Å²) in [7, 11) is 0. The summed E-state index contributed by atoms with van der Waals surface area (Å²) in [6, 6.07) is 8.13. The van der Waals surface area contributed by atoms with Crippen molar-refractivity contribution < 1.29 is 9.53 Å². The Hall–Kier alpha value is -1.75. The normalized spacial score (nSPS) is 9.65. The Morgan fingerprint density at radius 3 is 2.47 bits per heavy atom. The zero-order valence-corrected chi connectivity index (χ0v) is 10.6. The van der Waals surface area contributed by atoms with Crippen LogP contribution in [0.25, 0.3) is 0 Å². The van der Waals surface area contributed by atoms with Crippen molar-refractivity contribution in [3.63, 3.8) is 0 Å². The van der Waals surface area contributed by atoms with E-state index in [0.29, 0.717) is 12.3 Å². The summed E-state index contributed by atoms with van der Waals surface area (Å²) in [5.41, 5.74) is 2.25. The summed E-state index contributed by atoms with van der Waals surface area (Å²) >= 11 is 0. The molecule has 1 rings (SSSR count).